The Labute approximate surface area is 159 Å². The Morgan fingerprint density at radius 2 is 1.70 bits per heavy atom. The number of halogens is 1. The Morgan fingerprint density at radius 3 is 2.37 bits per heavy atom. The Kier molecular flexibility index (Phi) is 5.79. The van der Waals surface area contributed by atoms with E-state index in [9.17, 15) is 17.6 Å². The van der Waals surface area contributed by atoms with E-state index in [1.54, 1.807) is 12.1 Å². The number of nitrogens with one attached hydrogen (secondary N) is 2. The summed E-state index contributed by atoms with van der Waals surface area (Å²) >= 11 is 0. The number of anilines is 1. The lowest BCUT2D eigenvalue weighted by Crippen LogP contribution is -2.36. The van der Waals surface area contributed by atoms with E-state index in [2.05, 4.69) is 10.0 Å². The molecule has 0 atom stereocenters. The van der Waals surface area contributed by atoms with Crippen LogP contribution in [0, 0.1) is 12.7 Å². The van der Waals surface area contributed by atoms with Gasteiger partial charge in [-0.1, -0.05) is 37.0 Å². The molecule has 1 fully saturated rings. The van der Waals surface area contributed by atoms with Gasteiger partial charge in [-0.25, -0.2) is 12.8 Å². The van der Waals surface area contributed by atoms with Gasteiger partial charge in [0.1, 0.15) is 5.82 Å². The third kappa shape index (κ3) is 4.86. The molecular weight excluding hydrogens is 367 g/mol. The normalized spacial score (nSPS) is 15.3. The summed E-state index contributed by atoms with van der Waals surface area (Å²) in [5, 5.41) is 2.90. The molecule has 1 aliphatic rings. The van der Waals surface area contributed by atoms with E-state index in [-0.39, 0.29) is 22.2 Å². The molecule has 1 aliphatic carbocycles. The minimum atomic E-state index is -3.88. The molecule has 27 heavy (non-hydrogen) atoms. The van der Waals surface area contributed by atoms with Crippen LogP contribution in [0.3, 0.4) is 0 Å². The van der Waals surface area contributed by atoms with Gasteiger partial charge in [0.05, 0.1) is 16.1 Å². The molecule has 2 aromatic rings. The summed E-state index contributed by atoms with van der Waals surface area (Å²) in [5.74, 6) is -1.06. The van der Waals surface area contributed by atoms with Crippen LogP contribution >= 0.6 is 0 Å². The zero-order chi connectivity index (χ0) is 19.4. The van der Waals surface area contributed by atoms with Crippen LogP contribution in [0.1, 0.15) is 48.0 Å². The average Bonchev–Trinajstić information content (AvgIpc) is 2.64. The van der Waals surface area contributed by atoms with E-state index >= 15 is 0 Å². The standard InChI is InChI=1S/C20H23FN2O3S/c1-14-7-10-17(11-8-14)27(25,26)23-19-12-9-15(21)13-18(19)20(24)22-16-5-3-2-4-6-16/h7-13,16,23H,2-6H2,1H3,(H,22,24). The smallest absolute Gasteiger partial charge is 0.261 e. The molecule has 7 heteroatoms. The second kappa shape index (κ2) is 8.08. The molecule has 5 nitrogen and oxygen atoms in total. The molecule has 0 radical (unpaired) electrons. The number of hydrogen-bond acceptors (Lipinski definition) is 3. The number of benzene rings is 2. The van der Waals surface area contributed by atoms with Crippen molar-refractivity contribution in [3.63, 3.8) is 0 Å². The van der Waals surface area contributed by atoms with Crippen molar-refractivity contribution in [3.8, 4) is 0 Å². The summed E-state index contributed by atoms with van der Waals surface area (Å²) in [7, 11) is -3.88. The first kappa shape index (κ1) is 19.4. The van der Waals surface area contributed by atoms with Gasteiger partial charge in [0.15, 0.2) is 0 Å². The van der Waals surface area contributed by atoms with Crippen molar-refractivity contribution in [1.82, 2.24) is 5.32 Å². The maximum Gasteiger partial charge on any atom is 0.261 e. The molecule has 2 N–H and O–H groups in total. The summed E-state index contributed by atoms with van der Waals surface area (Å²) in [6.45, 7) is 1.86. The van der Waals surface area contributed by atoms with E-state index in [0.29, 0.717) is 0 Å². The Balaban J connectivity index is 1.85. The number of carbonyl (C=O) groups excluding carboxylic acids is 1. The number of sulfonamides is 1. The SMILES string of the molecule is Cc1ccc(S(=O)(=O)Nc2ccc(F)cc2C(=O)NC2CCCCC2)cc1. The van der Waals surface area contributed by atoms with Gasteiger partial charge < -0.3 is 5.32 Å². The van der Waals surface area contributed by atoms with E-state index in [4.69, 9.17) is 0 Å². The molecule has 0 spiro atoms. The average molecular weight is 390 g/mol. The number of carbonyl (C=O) groups is 1. The molecule has 2 aromatic carbocycles. The summed E-state index contributed by atoms with van der Waals surface area (Å²) < 4.78 is 41.4. The van der Waals surface area contributed by atoms with Crippen molar-refractivity contribution in [3.05, 3.63) is 59.4 Å². The van der Waals surface area contributed by atoms with Crippen LogP contribution in [0.15, 0.2) is 47.4 Å². The summed E-state index contributed by atoms with van der Waals surface area (Å²) in [4.78, 5) is 12.7. The second-order valence-electron chi connectivity index (χ2n) is 6.92. The number of hydrogen-bond donors (Lipinski definition) is 2. The quantitative estimate of drug-likeness (QED) is 0.810. The van der Waals surface area contributed by atoms with E-state index in [0.717, 1.165) is 49.8 Å². The van der Waals surface area contributed by atoms with Crippen molar-refractivity contribution in [1.29, 1.82) is 0 Å². The molecule has 144 valence electrons. The molecule has 0 unspecified atom stereocenters. The van der Waals surface area contributed by atoms with Crippen molar-refractivity contribution in [2.24, 2.45) is 0 Å². The maximum absolute atomic E-state index is 13.7. The van der Waals surface area contributed by atoms with Gasteiger partial charge in [-0.2, -0.15) is 0 Å². The highest BCUT2D eigenvalue weighted by atomic mass is 32.2. The lowest BCUT2D eigenvalue weighted by molar-refractivity contribution is 0.0928. The zero-order valence-electron chi connectivity index (χ0n) is 15.2. The third-order valence-corrected chi connectivity index (χ3v) is 6.12. The first-order valence-electron chi connectivity index (χ1n) is 9.05. The van der Waals surface area contributed by atoms with Crippen LogP contribution in [0.25, 0.3) is 0 Å². The predicted octanol–water partition coefficient (Wildman–Crippen LogP) is 4.00. The summed E-state index contributed by atoms with van der Waals surface area (Å²) in [5.41, 5.74) is 0.977. The molecule has 0 bridgehead atoms. The first-order valence-corrected chi connectivity index (χ1v) is 10.5. The second-order valence-corrected chi connectivity index (χ2v) is 8.60. The van der Waals surface area contributed by atoms with Gasteiger partial charge in [0.2, 0.25) is 0 Å². The molecule has 1 amide bonds. The van der Waals surface area contributed by atoms with Crippen LogP contribution in [0.2, 0.25) is 0 Å². The minimum Gasteiger partial charge on any atom is -0.349 e. The third-order valence-electron chi connectivity index (χ3n) is 4.74. The van der Waals surface area contributed by atoms with Crippen molar-refractivity contribution < 1.29 is 17.6 Å². The highest BCUT2D eigenvalue weighted by Gasteiger charge is 2.22. The van der Waals surface area contributed by atoms with E-state index in [1.807, 2.05) is 6.92 Å². The molecular formula is C20H23FN2O3S. The van der Waals surface area contributed by atoms with Gasteiger partial charge in [0, 0.05) is 6.04 Å². The number of rotatable bonds is 5. The molecule has 1 saturated carbocycles. The molecule has 0 saturated heterocycles. The topological polar surface area (TPSA) is 75.3 Å². The van der Waals surface area contributed by atoms with Gasteiger partial charge in [0.25, 0.3) is 15.9 Å². The Morgan fingerprint density at radius 1 is 1.04 bits per heavy atom. The maximum atomic E-state index is 13.7. The van der Waals surface area contributed by atoms with Gasteiger partial charge in [-0.05, 0) is 50.1 Å². The molecule has 0 aromatic heterocycles. The van der Waals surface area contributed by atoms with Gasteiger partial charge in [-0.15, -0.1) is 0 Å². The highest BCUT2D eigenvalue weighted by Crippen LogP contribution is 2.23. The fourth-order valence-corrected chi connectivity index (χ4v) is 4.30. The molecule has 0 heterocycles. The van der Waals surface area contributed by atoms with Crippen LogP contribution < -0.4 is 10.0 Å². The fraction of sp³-hybridized carbons (Fsp3) is 0.350. The first-order chi connectivity index (χ1) is 12.8. The lowest BCUT2D eigenvalue weighted by Gasteiger charge is -2.23. The van der Waals surface area contributed by atoms with Gasteiger partial charge in [-0.3, -0.25) is 9.52 Å². The Hall–Kier alpha value is -2.41. The highest BCUT2D eigenvalue weighted by molar-refractivity contribution is 7.92. The van der Waals surface area contributed by atoms with Crippen LogP contribution in [-0.4, -0.2) is 20.4 Å². The van der Waals surface area contributed by atoms with Crippen LogP contribution in [0.4, 0.5) is 10.1 Å². The van der Waals surface area contributed by atoms with Crippen LogP contribution in [0.5, 0.6) is 0 Å². The van der Waals surface area contributed by atoms with Crippen LogP contribution in [-0.2, 0) is 10.0 Å². The Bertz CT molecular complexity index is 921. The zero-order valence-corrected chi connectivity index (χ0v) is 16.0. The van der Waals surface area contributed by atoms with Gasteiger partial charge >= 0.3 is 0 Å². The molecule has 3 rings (SSSR count). The lowest BCUT2D eigenvalue weighted by atomic mass is 9.95. The van der Waals surface area contributed by atoms with Crippen molar-refractivity contribution in [2.75, 3.05) is 4.72 Å². The van der Waals surface area contributed by atoms with Crippen molar-refractivity contribution >= 4 is 21.6 Å². The fourth-order valence-electron chi connectivity index (χ4n) is 3.22. The minimum absolute atomic E-state index is 0.0174. The number of amides is 1. The number of aryl methyl sites for hydroxylation is 1. The van der Waals surface area contributed by atoms with Crippen molar-refractivity contribution in [2.45, 2.75) is 50.0 Å². The summed E-state index contributed by atoms with van der Waals surface area (Å²) in [6, 6.07) is 9.86. The monoisotopic (exact) mass is 390 g/mol. The summed E-state index contributed by atoms with van der Waals surface area (Å²) in [6.07, 6.45) is 4.99. The van der Waals surface area contributed by atoms with E-state index in [1.165, 1.54) is 18.2 Å². The largest absolute Gasteiger partial charge is 0.349 e. The predicted molar refractivity (Wildman–Crippen MR) is 103 cm³/mol. The van der Waals surface area contributed by atoms with E-state index < -0.39 is 21.7 Å². The molecule has 0 aliphatic heterocycles.